The molecular formula is C32H52NO4S2+. The molecule has 39 heavy (non-hydrogen) atoms. The molecule has 0 aliphatic carbocycles. The van der Waals surface area contributed by atoms with E-state index in [9.17, 15) is 9.90 Å². The van der Waals surface area contributed by atoms with Crippen molar-refractivity contribution in [2.75, 3.05) is 38.5 Å². The molecule has 0 aromatic heterocycles. The van der Waals surface area contributed by atoms with Gasteiger partial charge in [-0.1, -0.05) is 50.7 Å². The van der Waals surface area contributed by atoms with Crippen molar-refractivity contribution >= 4 is 30.4 Å². The first-order chi connectivity index (χ1) is 18.7. The third-order valence-corrected chi connectivity index (χ3v) is 7.67. The van der Waals surface area contributed by atoms with E-state index in [0.717, 1.165) is 18.9 Å². The third-order valence-electron chi connectivity index (χ3n) is 6.10. The summed E-state index contributed by atoms with van der Waals surface area (Å²) in [6, 6.07) is 0. The Hall–Kier alpha value is -2.29. The summed E-state index contributed by atoms with van der Waals surface area (Å²) in [6.45, 7) is 19.6. The highest BCUT2D eigenvalue weighted by Crippen LogP contribution is 2.33. The summed E-state index contributed by atoms with van der Waals surface area (Å²) < 4.78 is 6.69. The number of carbonyl (C=O) groups is 1. The molecule has 3 fully saturated rings. The van der Waals surface area contributed by atoms with Gasteiger partial charge in [-0.2, -0.15) is 0 Å². The number of fused-ring (bicyclic) bond motifs is 3. The van der Waals surface area contributed by atoms with Gasteiger partial charge >= 0.3 is 5.97 Å². The van der Waals surface area contributed by atoms with Crippen molar-refractivity contribution in [3.05, 3.63) is 59.6 Å². The van der Waals surface area contributed by atoms with Crippen LogP contribution in [-0.4, -0.2) is 64.8 Å². The Balaban J connectivity index is -0.000000526. The lowest BCUT2D eigenvalue weighted by Gasteiger charge is -2.49. The summed E-state index contributed by atoms with van der Waals surface area (Å²) in [5.41, 5.74) is -1.96. The average Bonchev–Trinajstić information content (AvgIpc) is 2.98. The molecule has 0 aromatic rings. The first-order valence-electron chi connectivity index (χ1n) is 13.4. The van der Waals surface area contributed by atoms with Crippen molar-refractivity contribution in [2.45, 2.75) is 65.9 Å². The fourth-order valence-electron chi connectivity index (χ4n) is 3.87. The van der Waals surface area contributed by atoms with Crippen LogP contribution < -0.4 is 0 Å². The second-order valence-corrected chi connectivity index (χ2v) is 9.94. The van der Waals surface area contributed by atoms with E-state index in [1.54, 1.807) is 23.8 Å². The molecular weight excluding hydrogens is 526 g/mol. The SMILES string of the molecule is C#C.C#C/C=C/OCCC[N+]12CCC(CC1)CC2.C/C=C\C.C=C/C=C(\S)C(O)(CS/C=C\C)C(=O)O.CC. The molecule has 3 aliphatic rings. The zero-order chi connectivity index (χ0) is 30.6. The molecule has 2 N–H and O–H groups in total. The minimum Gasteiger partial charge on any atom is -0.500 e. The fourth-order valence-corrected chi connectivity index (χ4v) is 5.07. The molecule has 3 rings (SSSR count). The molecule has 0 aromatic carbocycles. The van der Waals surface area contributed by atoms with Gasteiger partial charge in [0.05, 0.1) is 39.0 Å². The number of quaternary nitrogens is 1. The number of aliphatic hydroxyl groups is 1. The predicted octanol–water partition coefficient (Wildman–Crippen LogP) is 7.10. The Labute approximate surface area is 249 Å². The molecule has 0 spiro atoms. The first-order valence-corrected chi connectivity index (χ1v) is 14.9. The molecule has 1 unspecified atom stereocenters. The number of piperidine rings is 3. The van der Waals surface area contributed by atoms with Crippen molar-refractivity contribution < 1.29 is 24.2 Å². The minimum absolute atomic E-state index is 0.00977. The van der Waals surface area contributed by atoms with Gasteiger partial charge in [0.2, 0.25) is 5.60 Å². The lowest BCUT2D eigenvalue weighted by atomic mass is 9.85. The summed E-state index contributed by atoms with van der Waals surface area (Å²) in [6.07, 6.45) is 30.4. The summed E-state index contributed by atoms with van der Waals surface area (Å²) in [5.74, 6) is 2.17. The Bertz CT molecular complexity index is 798. The van der Waals surface area contributed by atoms with E-state index in [2.05, 4.69) is 38.0 Å². The van der Waals surface area contributed by atoms with Crippen molar-refractivity contribution in [1.29, 1.82) is 0 Å². The molecule has 5 nitrogen and oxygen atoms in total. The highest BCUT2D eigenvalue weighted by Gasteiger charge is 2.39. The van der Waals surface area contributed by atoms with Crippen LogP contribution in [0.3, 0.4) is 0 Å². The summed E-state index contributed by atoms with van der Waals surface area (Å²) >= 11 is 5.16. The zero-order valence-electron chi connectivity index (χ0n) is 24.7. The molecule has 1 atom stereocenters. The number of terminal acetylenes is 2. The monoisotopic (exact) mass is 578 g/mol. The maximum Gasteiger partial charge on any atom is 0.341 e. The van der Waals surface area contributed by atoms with Gasteiger partial charge < -0.3 is 19.4 Å². The topological polar surface area (TPSA) is 66.8 Å². The van der Waals surface area contributed by atoms with Crippen LogP contribution in [0, 0.1) is 31.1 Å². The predicted molar refractivity (Wildman–Crippen MR) is 174 cm³/mol. The van der Waals surface area contributed by atoms with Crippen LogP contribution in [-0.2, 0) is 9.53 Å². The van der Waals surface area contributed by atoms with E-state index in [1.807, 2.05) is 46.8 Å². The lowest BCUT2D eigenvalue weighted by Crippen LogP contribution is -2.58. The van der Waals surface area contributed by atoms with Crippen LogP contribution in [0.2, 0.25) is 0 Å². The van der Waals surface area contributed by atoms with Crippen LogP contribution in [0.5, 0.6) is 0 Å². The summed E-state index contributed by atoms with van der Waals surface area (Å²) in [7, 11) is 0. The molecule has 3 heterocycles. The second kappa shape index (κ2) is 27.3. The van der Waals surface area contributed by atoms with Crippen LogP contribution in [0.1, 0.15) is 60.3 Å². The largest absolute Gasteiger partial charge is 0.500 e. The van der Waals surface area contributed by atoms with Crippen molar-refractivity contribution in [2.24, 2.45) is 5.92 Å². The Morgan fingerprint density at radius 1 is 1.15 bits per heavy atom. The van der Waals surface area contributed by atoms with Crippen LogP contribution in [0.4, 0.5) is 0 Å². The highest BCUT2D eigenvalue weighted by molar-refractivity contribution is 8.02. The maximum atomic E-state index is 10.9. The van der Waals surface area contributed by atoms with Crippen LogP contribution >= 0.6 is 24.4 Å². The molecule has 7 heteroatoms. The maximum absolute atomic E-state index is 10.9. The Morgan fingerprint density at radius 2 is 1.69 bits per heavy atom. The Kier molecular flexibility index (Phi) is 28.8. The second-order valence-electron chi connectivity index (χ2n) is 8.56. The standard InChI is InChI=1S/C14H22NO.C10H14O3S2.C4H8.C2H6.C2H2/c1-2-3-12-16-13-4-8-15-9-5-14(6-10-15)7-11-15;1-3-5-8(14)10(13,9(11)12)7-15-6-4-2;1-3-4-2;2*1-2/h1,3,12,14H,4-11,13H2;3-6,13-14H,1,7H2,2H3,(H,11,12);3-4H,1-2H3;1-2H3;1-2H/q+1;;;;/b12-3+;6-4-,8-5-;4-3-;;. The number of carboxylic acid groups (broad SMARTS) is 1. The Morgan fingerprint density at radius 3 is 2.10 bits per heavy atom. The number of hydrogen-bond acceptors (Lipinski definition) is 5. The van der Waals surface area contributed by atoms with E-state index in [4.69, 9.17) is 16.3 Å². The van der Waals surface area contributed by atoms with E-state index in [-0.39, 0.29) is 10.7 Å². The minimum atomic E-state index is -1.96. The number of nitrogens with zero attached hydrogens (tertiary/aromatic N) is 1. The van der Waals surface area contributed by atoms with Gasteiger partial charge in [-0.05, 0) is 57.4 Å². The number of thioether (sulfide) groups is 1. The molecule has 2 bridgehead atoms. The number of ether oxygens (including phenoxy) is 1. The number of hydrogen-bond donors (Lipinski definition) is 3. The summed E-state index contributed by atoms with van der Waals surface area (Å²) in [4.78, 5) is 11.0. The van der Waals surface area contributed by atoms with Gasteiger partial charge in [-0.15, -0.1) is 43.7 Å². The molecule has 220 valence electrons. The van der Waals surface area contributed by atoms with Gasteiger partial charge in [0, 0.05) is 23.2 Å². The number of aliphatic carboxylic acids is 1. The fraction of sp³-hybridized carbons (Fsp3) is 0.531. The molecule has 0 radical (unpaired) electrons. The van der Waals surface area contributed by atoms with Gasteiger partial charge in [-0.25, -0.2) is 4.79 Å². The van der Waals surface area contributed by atoms with Crippen LogP contribution in [0.25, 0.3) is 0 Å². The first kappa shape index (κ1) is 41.2. The molecule has 0 amide bonds. The number of rotatable bonds is 11. The molecule has 3 aliphatic heterocycles. The van der Waals surface area contributed by atoms with Gasteiger partial charge in [-0.3, -0.25) is 0 Å². The smallest absolute Gasteiger partial charge is 0.341 e. The average molecular weight is 579 g/mol. The third kappa shape index (κ3) is 18.6. The van der Waals surface area contributed by atoms with E-state index in [0.29, 0.717) is 0 Å². The van der Waals surface area contributed by atoms with Crippen molar-refractivity contribution in [3.8, 4) is 25.2 Å². The summed E-state index contributed by atoms with van der Waals surface area (Å²) in [5, 5.41) is 20.5. The molecule has 0 saturated carbocycles. The van der Waals surface area contributed by atoms with Crippen molar-refractivity contribution in [1.82, 2.24) is 0 Å². The number of allylic oxidation sites excluding steroid dienone is 6. The van der Waals surface area contributed by atoms with Gasteiger partial charge in [0.15, 0.2) is 0 Å². The highest BCUT2D eigenvalue weighted by atomic mass is 32.2. The van der Waals surface area contributed by atoms with Crippen LogP contribution in [0.15, 0.2) is 59.6 Å². The lowest BCUT2D eigenvalue weighted by molar-refractivity contribution is -0.942. The zero-order valence-corrected chi connectivity index (χ0v) is 26.4. The van der Waals surface area contributed by atoms with E-state index < -0.39 is 11.6 Å². The van der Waals surface area contributed by atoms with E-state index in [1.165, 1.54) is 73.8 Å². The van der Waals surface area contributed by atoms with Gasteiger partial charge in [0.25, 0.3) is 0 Å². The number of carboxylic acids is 1. The van der Waals surface area contributed by atoms with Gasteiger partial charge in [0.1, 0.15) is 0 Å². The number of thiol groups is 1. The normalized spacial score (nSPS) is 20.9. The quantitative estimate of drug-likeness (QED) is 0.0464. The van der Waals surface area contributed by atoms with E-state index >= 15 is 0 Å². The molecule has 3 saturated heterocycles. The van der Waals surface area contributed by atoms with Crippen molar-refractivity contribution in [3.63, 3.8) is 0 Å².